The van der Waals surface area contributed by atoms with Gasteiger partial charge < -0.3 is 18.6 Å². The van der Waals surface area contributed by atoms with Crippen LogP contribution in [0.5, 0.6) is 0 Å². The van der Waals surface area contributed by atoms with E-state index in [0.29, 0.717) is 21.6 Å². The van der Waals surface area contributed by atoms with Crippen LogP contribution in [0.15, 0.2) is 42.5 Å². The van der Waals surface area contributed by atoms with Gasteiger partial charge in [-0.25, -0.2) is 0 Å². The van der Waals surface area contributed by atoms with Crippen LogP contribution in [-0.4, -0.2) is 36.6 Å². The van der Waals surface area contributed by atoms with E-state index in [2.05, 4.69) is 0 Å². The predicted molar refractivity (Wildman–Crippen MR) is 138 cm³/mol. The molecule has 3 aromatic carbocycles. The number of halogens is 3. The first-order valence-corrected chi connectivity index (χ1v) is 12.2. The summed E-state index contributed by atoms with van der Waals surface area (Å²) in [4.78, 5) is 0. The third-order valence-electron chi connectivity index (χ3n) is 8.41. The van der Waals surface area contributed by atoms with Gasteiger partial charge in [0.2, 0.25) is 0 Å². The minimum Gasteiger partial charge on any atom is -0.399 e. The fourth-order valence-corrected chi connectivity index (χ4v) is 4.85. The van der Waals surface area contributed by atoms with E-state index >= 15 is 0 Å². The highest BCUT2D eigenvalue weighted by molar-refractivity contribution is 6.79. The maximum Gasteiger partial charge on any atom is 0.495 e. The average Bonchev–Trinajstić information content (AvgIpc) is 3.10. The maximum atomic E-state index is 13.7. The molecule has 36 heavy (non-hydrogen) atoms. The summed E-state index contributed by atoms with van der Waals surface area (Å²) in [5.74, 6) is 0. The van der Waals surface area contributed by atoms with Crippen LogP contribution in [0.2, 0.25) is 0 Å². The molecule has 2 fully saturated rings. The topological polar surface area (TPSA) is 36.9 Å². The maximum absolute atomic E-state index is 13.7. The largest absolute Gasteiger partial charge is 0.495 e. The Hall–Kier alpha value is -2.06. The van der Waals surface area contributed by atoms with Crippen molar-refractivity contribution < 1.29 is 31.8 Å². The Balaban J connectivity index is 1.86. The van der Waals surface area contributed by atoms with Crippen LogP contribution in [0.1, 0.15) is 61.0 Å². The number of hydrogen-bond donors (Lipinski definition) is 0. The summed E-state index contributed by atoms with van der Waals surface area (Å²) >= 11 is 0. The molecule has 2 aliphatic heterocycles. The Labute approximate surface area is 210 Å². The number of rotatable bonds is 2. The normalized spacial score (nSPS) is 22.6. The zero-order valence-electron chi connectivity index (χ0n) is 22.0. The lowest BCUT2D eigenvalue weighted by Crippen LogP contribution is -2.52. The molecule has 0 aliphatic carbocycles. The molecule has 0 saturated carbocycles. The molecule has 190 valence electrons. The van der Waals surface area contributed by atoms with Crippen molar-refractivity contribution in [2.75, 3.05) is 0 Å². The fourth-order valence-electron chi connectivity index (χ4n) is 4.85. The Bertz CT molecular complexity index is 1330. The molecule has 0 amide bonds. The van der Waals surface area contributed by atoms with Gasteiger partial charge in [0.05, 0.1) is 28.0 Å². The number of benzene rings is 3. The summed E-state index contributed by atoms with van der Waals surface area (Å²) in [6.45, 7) is 15.7. The number of hydrogen-bond acceptors (Lipinski definition) is 4. The lowest BCUT2D eigenvalue weighted by Gasteiger charge is -2.32. The van der Waals surface area contributed by atoms with Crippen LogP contribution in [-0.2, 0) is 24.8 Å². The molecular formula is C27H31B2F3O4. The van der Waals surface area contributed by atoms with E-state index in [-0.39, 0.29) is 0 Å². The number of fused-ring (bicyclic) bond motifs is 3. The van der Waals surface area contributed by atoms with Crippen LogP contribution in [0, 0.1) is 0 Å². The van der Waals surface area contributed by atoms with Crippen molar-refractivity contribution in [2.24, 2.45) is 0 Å². The molecule has 0 bridgehead atoms. The highest BCUT2D eigenvalue weighted by Gasteiger charge is 2.57. The van der Waals surface area contributed by atoms with Gasteiger partial charge in [-0.3, -0.25) is 0 Å². The van der Waals surface area contributed by atoms with Gasteiger partial charge in [0.15, 0.2) is 0 Å². The first-order valence-electron chi connectivity index (χ1n) is 12.2. The van der Waals surface area contributed by atoms with Crippen molar-refractivity contribution in [1.29, 1.82) is 0 Å². The Morgan fingerprint density at radius 3 is 1.36 bits per heavy atom. The summed E-state index contributed by atoms with van der Waals surface area (Å²) in [6, 6.07) is 11.2. The molecule has 0 unspecified atom stereocenters. The second kappa shape index (κ2) is 7.73. The Morgan fingerprint density at radius 2 is 0.944 bits per heavy atom. The van der Waals surface area contributed by atoms with E-state index in [9.17, 15) is 13.2 Å². The molecule has 0 aromatic heterocycles. The molecule has 2 aliphatic rings. The van der Waals surface area contributed by atoms with E-state index in [0.717, 1.165) is 16.9 Å². The highest BCUT2D eigenvalue weighted by Crippen LogP contribution is 2.41. The summed E-state index contributed by atoms with van der Waals surface area (Å²) in [5.41, 5.74) is -1.86. The van der Waals surface area contributed by atoms with Crippen molar-refractivity contribution >= 4 is 46.7 Å². The molecule has 0 radical (unpaired) electrons. The fraction of sp³-hybridized carbons (Fsp3) is 0.481. The van der Waals surface area contributed by atoms with Gasteiger partial charge >= 0.3 is 20.4 Å². The summed E-state index contributed by atoms with van der Waals surface area (Å²) in [6.07, 6.45) is -4.47. The smallest absolute Gasteiger partial charge is 0.399 e. The molecule has 0 N–H and O–H groups in total. The highest BCUT2D eigenvalue weighted by atomic mass is 19.4. The lowest BCUT2D eigenvalue weighted by atomic mass is 9.61. The molecule has 9 heteroatoms. The molecule has 2 saturated heterocycles. The second-order valence-corrected chi connectivity index (χ2v) is 11.8. The molecule has 4 nitrogen and oxygen atoms in total. The summed E-state index contributed by atoms with van der Waals surface area (Å²) in [5, 5.41) is 2.52. The standard InChI is InChI=1S/C27H31B2F3O4/c1-23(2)24(3,4)34-28(33-23)21-18-12-10-9-11-17(18)20-15-16(27(30,31)32)13-14-19(20)22(21)29-35-25(5,6)26(7,8)36-29/h9-15H,1-8H3. The van der Waals surface area contributed by atoms with Gasteiger partial charge in [0, 0.05) is 0 Å². The van der Waals surface area contributed by atoms with Gasteiger partial charge in [-0.1, -0.05) is 30.3 Å². The van der Waals surface area contributed by atoms with Crippen LogP contribution in [0.25, 0.3) is 21.5 Å². The summed E-state index contributed by atoms with van der Waals surface area (Å²) < 4.78 is 67.0. The van der Waals surface area contributed by atoms with Crippen molar-refractivity contribution in [2.45, 2.75) is 84.0 Å². The first-order chi connectivity index (χ1) is 16.5. The zero-order chi connectivity index (χ0) is 26.5. The monoisotopic (exact) mass is 498 g/mol. The van der Waals surface area contributed by atoms with Crippen molar-refractivity contribution in [3.05, 3.63) is 48.0 Å². The van der Waals surface area contributed by atoms with Gasteiger partial charge in [-0.15, -0.1) is 0 Å². The minimum absolute atomic E-state index is 0.477. The van der Waals surface area contributed by atoms with Gasteiger partial charge in [0.25, 0.3) is 0 Å². The van der Waals surface area contributed by atoms with E-state index in [1.165, 1.54) is 12.1 Å². The van der Waals surface area contributed by atoms with Crippen molar-refractivity contribution in [1.82, 2.24) is 0 Å². The minimum atomic E-state index is -4.47. The van der Waals surface area contributed by atoms with Gasteiger partial charge in [-0.05, 0) is 100.0 Å². The van der Waals surface area contributed by atoms with E-state index in [4.69, 9.17) is 18.6 Å². The van der Waals surface area contributed by atoms with Crippen molar-refractivity contribution in [3.63, 3.8) is 0 Å². The number of alkyl halides is 3. The third-order valence-corrected chi connectivity index (χ3v) is 8.41. The van der Waals surface area contributed by atoms with E-state index < -0.39 is 48.4 Å². The Morgan fingerprint density at radius 1 is 0.556 bits per heavy atom. The second-order valence-electron chi connectivity index (χ2n) is 11.8. The van der Waals surface area contributed by atoms with Gasteiger partial charge in [0.1, 0.15) is 0 Å². The molecule has 5 rings (SSSR count). The average molecular weight is 498 g/mol. The van der Waals surface area contributed by atoms with E-state index in [1.807, 2.05) is 79.7 Å². The third kappa shape index (κ3) is 3.78. The zero-order valence-corrected chi connectivity index (χ0v) is 22.0. The van der Waals surface area contributed by atoms with Crippen molar-refractivity contribution in [3.8, 4) is 0 Å². The van der Waals surface area contributed by atoms with E-state index in [1.54, 1.807) is 0 Å². The molecule has 0 spiro atoms. The van der Waals surface area contributed by atoms with Crippen LogP contribution in [0.4, 0.5) is 13.2 Å². The molecule has 3 aromatic rings. The molecular weight excluding hydrogens is 467 g/mol. The van der Waals surface area contributed by atoms with Gasteiger partial charge in [-0.2, -0.15) is 13.2 Å². The molecule has 0 atom stereocenters. The molecule has 2 heterocycles. The predicted octanol–water partition coefficient (Wildman–Crippen LogP) is 5.61. The summed E-state index contributed by atoms with van der Waals surface area (Å²) in [7, 11) is -1.59. The Kier molecular flexibility index (Phi) is 5.49. The first kappa shape index (κ1) is 25.6. The van der Waals surface area contributed by atoms with Crippen LogP contribution < -0.4 is 10.9 Å². The quantitative estimate of drug-likeness (QED) is 0.340. The van der Waals surface area contributed by atoms with Crippen LogP contribution >= 0.6 is 0 Å². The lowest BCUT2D eigenvalue weighted by molar-refractivity contribution is -0.137. The SMILES string of the molecule is CC1(C)OB(c2c(B3OC(C)(C)C(C)(C)O3)c3ccc(C(F)(F)F)cc3c3ccccc23)OC1(C)C. The van der Waals surface area contributed by atoms with Crippen LogP contribution in [0.3, 0.4) is 0 Å².